The van der Waals surface area contributed by atoms with Crippen LogP contribution >= 0.6 is 0 Å². The third kappa shape index (κ3) is 4.06. The Hall–Kier alpha value is -3.62. The summed E-state index contributed by atoms with van der Waals surface area (Å²) in [6.45, 7) is 11.4. The lowest BCUT2D eigenvalue weighted by molar-refractivity contribution is 0.0335. The molecule has 0 spiro atoms. The summed E-state index contributed by atoms with van der Waals surface area (Å²) in [6, 6.07) is 12.3. The number of hydrogen-bond acceptors (Lipinski definition) is 6. The Balaban J connectivity index is 1.26. The lowest BCUT2D eigenvalue weighted by Crippen LogP contribution is -2.41. The summed E-state index contributed by atoms with van der Waals surface area (Å²) in [5.74, 6) is 0.695. The number of morpholine rings is 1. The van der Waals surface area contributed by atoms with Gasteiger partial charge in [-0.15, -0.1) is 0 Å². The lowest BCUT2D eigenvalue weighted by atomic mass is 10.1. The van der Waals surface area contributed by atoms with Crippen LogP contribution in [0.3, 0.4) is 0 Å². The number of rotatable bonds is 4. The van der Waals surface area contributed by atoms with Gasteiger partial charge in [0.15, 0.2) is 5.82 Å². The minimum atomic E-state index is 0.00709. The standard InChI is InChI=1S/C28H30N6O2/c1-18-4-6-23-22(14-18)16-29-27(30-23)21-5-7-25(19(2)15-21)33-8-9-34-26(28(33)35)20(3)24(31-34)17-32-10-12-36-13-11-32/h4-7,14-16H,8-13,17H2,1-3H3. The fourth-order valence-electron chi connectivity index (χ4n) is 5.20. The molecule has 0 bridgehead atoms. The molecule has 8 nitrogen and oxygen atoms in total. The van der Waals surface area contributed by atoms with Crippen molar-refractivity contribution in [2.24, 2.45) is 0 Å². The zero-order valence-corrected chi connectivity index (χ0v) is 21.0. The molecule has 0 aliphatic carbocycles. The number of carbonyl (C=O) groups is 1. The van der Waals surface area contributed by atoms with Crippen molar-refractivity contribution in [3.8, 4) is 11.4 Å². The summed E-state index contributed by atoms with van der Waals surface area (Å²) in [4.78, 5) is 27.2. The van der Waals surface area contributed by atoms with Crippen molar-refractivity contribution in [3.63, 3.8) is 0 Å². The number of anilines is 1. The monoisotopic (exact) mass is 482 g/mol. The summed E-state index contributed by atoms with van der Waals surface area (Å²) >= 11 is 0. The first kappa shape index (κ1) is 22.8. The second-order valence-electron chi connectivity index (χ2n) is 9.75. The molecule has 184 valence electrons. The summed E-state index contributed by atoms with van der Waals surface area (Å²) in [6.07, 6.45) is 1.88. The van der Waals surface area contributed by atoms with Gasteiger partial charge < -0.3 is 9.64 Å². The van der Waals surface area contributed by atoms with Crippen LogP contribution in [-0.4, -0.2) is 63.4 Å². The minimum absolute atomic E-state index is 0.00709. The van der Waals surface area contributed by atoms with E-state index in [0.717, 1.165) is 71.8 Å². The van der Waals surface area contributed by atoms with Crippen molar-refractivity contribution in [3.05, 3.63) is 70.7 Å². The molecule has 0 atom stereocenters. The highest BCUT2D eigenvalue weighted by Crippen LogP contribution is 2.30. The first-order valence-electron chi connectivity index (χ1n) is 12.5. The maximum atomic E-state index is 13.6. The fourth-order valence-corrected chi connectivity index (χ4v) is 5.20. The fraction of sp³-hybridized carbons (Fsp3) is 0.357. The number of amides is 1. The third-order valence-electron chi connectivity index (χ3n) is 7.23. The topological polar surface area (TPSA) is 76.4 Å². The van der Waals surface area contributed by atoms with E-state index in [4.69, 9.17) is 14.8 Å². The van der Waals surface area contributed by atoms with Gasteiger partial charge in [-0.3, -0.25) is 14.4 Å². The predicted molar refractivity (Wildman–Crippen MR) is 139 cm³/mol. The highest BCUT2D eigenvalue weighted by atomic mass is 16.5. The van der Waals surface area contributed by atoms with Crippen LogP contribution in [-0.2, 0) is 17.8 Å². The number of nitrogens with zero attached hydrogens (tertiary/aromatic N) is 6. The summed E-state index contributed by atoms with van der Waals surface area (Å²) in [5, 5.41) is 5.83. The number of hydrogen-bond donors (Lipinski definition) is 0. The van der Waals surface area contributed by atoms with Gasteiger partial charge in [0, 0.05) is 54.6 Å². The second kappa shape index (κ2) is 9.11. The van der Waals surface area contributed by atoms with Crippen LogP contribution < -0.4 is 4.90 Å². The summed E-state index contributed by atoms with van der Waals surface area (Å²) in [5.41, 5.74) is 7.65. The van der Waals surface area contributed by atoms with E-state index < -0.39 is 0 Å². The molecule has 0 unspecified atom stereocenters. The van der Waals surface area contributed by atoms with Crippen molar-refractivity contribution in [1.29, 1.82) is 0 Å². The Morgan fingerprint density at radius 2 is 1.81 bits per heavy atom. The van der Waals surface area contributed by atoms with Crippen LogP contribution in [0.4, 0.5) is 5.69 Å². The van der Waals surface area contributed by atoms with Gasteiger partial charge in [0.2, 0.25) is 0 Å². The lowest BCUT2D eigenvalue weighted by Gasteiger charge is -2.29. The molecule has 0 saturated carbocycles. The number of fused-ring (bicyclic) bond motifs is 2. The largest absolute Gasteiger partial charge is 0.379 e. The van der Waals surface area contributed by atoms with Crippen molar-refractivity contribution in [1.82, 2.24) is 24.6 Å². The van der Waals surface area contributed by atoms with E-state index in [1.807, 2.05) is 47.8 Å². The highest BCUT2D eigenvalue weighted by molar-refractivity contribution is 6.07. The molecule has 1 saturated heterocycles. The van der Waals surface area contributed by atoms with Gasteiger partial charge in [-0.2, -0.15) is 5.10 Å². The van der Waals surface area contributed by atoms with Crippen LogP contribution in [0.25, 0.3) is 22.3 Å². The number of ether oxygens (including phenoxy) is 1. The Morgan fingerprint density at radius 1 is 0.972 bits per heavy atom. The van der Waals surface area contributed by atoms with Crippen LogP contribution in [0.2, 0.25) is 0 Å². The minimum Gasteiger partial charge on any atom is -0.379 e. The van der Waals surface area contributed by atoms with Gasteiger partial charge >= 0.3 is 0 Å². The van der Waals surface area contributed by atoms with E-state index in [1.54, 1.807) is 0 Å². The Bertz CT molecular complexity index is 1470. The molecule has 2 aliphatic heterocycles. The predicted octanol–water partition coefficient (Wildman–Crippen LogP) is 3.91. The maximum Gasteiger partial charge on any atom is 0.276 e. The highest BCUT2D eigenvalue weighted by Gasteiger charge is 2.31. The molecule has 2 aromatic carbocycles. The van der Waals surface area contributed by atoms with E-state index >= 15 is 0 Å². The molecule has 0 radical (unpaired) electrons. The molecule has 2 aliphatic rings. The number of carbonyl (C=O) groups excluding carboxylic acids is 1. The summed E-state index contributed by atoms with van der Waals surface area (Å²) < 4.78 is 7.35. The van der Waals surface area contributed by atoms with Gasteiger partial charge in [0.25, 0.3) is 5.91 Å². The normalized spacial score (nSPS) is 16.5. The zero-order chi connectivity index (χ0) is 24.8. The average molecular weight is 483 g/mol. The van der Waals surface area contributed by atoms with Crippen LogP contribution in [0.1, 0.15) is 32.9 Å². The molecule has 6 rings (SSSR count). The molecule has 8 heteroatoms. The molecular formula is C28H30N6O2. The zero-order valence-electron chi connectivity index (χ0n) is 21.0. The van der Waals surface area contributed by atoms with Gasteiger partial charge in [-0.1, -0.05) is 11.6 Å². The molecule has 2 aromatic heterocycles. The molecule has 1 amide bonds. The van der Waals surface area contributed by atoms with Gasteiger partial charge in [0.1, 0.15) is 5.69 Å². The average Bonchev–Trinajstić information content (AvgIpc) is 3.20. The Labute approximate surface area is 210 Å². The molecule has 4 heterocycles. The first-order chi connectivity index (χ1) is 17.5. The molecule has 36 heavy (non-hydrogen) atoms. The van der Waals surface area contributed by atoms with Crippen molar-refractivity contribution in [2.45, 2.75) is 33.9 Å². The van der Waals surface area contributed by atoms with Gasteiger partial charge in [0.05, 0.1) is 31.0 Å². The Morgan fingerprint density at radius 3 is 2.61 bits per heavy atom. The van der Waals surface area contributed by atoms with E-state index in [-0.39, 0.29) is 5.91 Å². The second-order valence-corrected chi connectivity index (χ2v) is 9.75. The molecule has 4 aromatic rings. The first-order valence-corrected chi connectivity index (χ1v) is 12.5. The van der Waals surface area contributed by atoms with E-state index in [0.29, 0.717) is 24.6 Å². The smallest absolute Gasteiger partial charge is 0.276 e. The van der Waals surface area contributed by atoms with E-state index in [9.17, 15) is 4.79 Å². The molecule has 1 fully saturated rings. The van der Waals surface area contributed by atoms with Gasteiger partial charge in [-0.25, -0.2) is 9.97 Å². The summed E-state index contributed by atoms with van der Waals surface area (Å²) in [7, 11) is 0. The quantitative estimate of drug-likeness (QED) is 0.439. The number of benzene rings is 2. The van der Waals surface area contributed by atoms with E-state index in [2.05, 4.69) is 35.0 Å². The number of aryl methyl sites for hydroxylation is 2. The van der Waals surface area contributed by atoms with Crippen molar-refractivity contribution >= 4 is 22.5 Å². The van der Waals surface area contributed by atoms with Crippen LogP contribution in [0, 0.1) is 20.8 Å². The van der Waals surface area contributed by atoms with E-state index in [1.165, 1.54) is 5.56 Å². The van der Waals surface area contributed by atoms with Gasteiger partial charge in [-0.05, 0) is 56.7 Å². The SMILES string of the molecule is Cc1ccc2nc(-c3ccc(N4CCn5nc(CN6CCOCC6)c(C)c5C4=O)c(C)c3)ncc2c1. The Kier molecular flexibility index (Phi) is 5.78. The van der Waals surface area contributed by atoms with Crippen molar-refractivity contribution < 1.29 is 9.53 Å². The molecular weight excluding hydrogens is 452 g/mol. The van der Waals surface area contributed by atoms with Crippen LogP contribution in [0.5, 0.6) is 0 Å². The maximum absolute atomic E-state index is 13.6. The molecule has 0 N–H and O–H groups in total. The van der Waals surface area contributed by atoms with Crippen LogP contribution in [0.15, 0.2) is 42.6 Å². The third-order valence-corrected chi connectivity index (χ3v) is 7.23. The number of aromatic nitrogens is 4. The van der Waals surface area contributed by atoms with Crippen molar-refractivity contribution in [2.75, 3.05) is 37.7 Å².